The average Bonchev–Trinajstić information content (AvgIpc) is 3.07. The van der Waals surface area contributed by atoms with Gasteiger partial charge < -0.3 is 4.90 Å². The molecule has 0 N–H and O–H groups in total. The van der Waals surface area contributed by atoms with E-state index < -0.39 is 0 Å². The maximum Gasteiger partial charge on any atom is 0.164 e. The molecular formula is C40H36N4. The smallest absolute Gasteiger partial charge is 0.164 e. The van der Waals surface area contributed by atoms with Gasteiger partial charge in [-0.15, -0.1) is 0 Å². The van der Waals surface area contributed by atoms with Gasteiger partial charge in [0.15, 0.2) is 17.5 Å². The van der Waals surface area contributed by atoms with Crippen LogP contribution in [0.25, 0.3) is 39.5 Å². The molecule has 3 aromatic rings. The van der Waals surface area contributed by atoms with Crippen LogP contribution in [0.5, 0.6) is 0 Å². The van der Waals surface area contributed by atoms with Crippen molar-refractivity contribution in [2.24, 2.45) is 0 Å². The van der Waals surface area contributed by atoms with Crippen molar-refractivity contribution in [3.05, 3.63) is 182 Å². The van der Waals surface area contributed by atoms with E-state index in [1.165, 1.54) is 11.1 Å². The van der Waals surface area contributed by atoms with Crippen LogP contribution in [0.4, 0.5) is 0 Å². The summed E-state index contributed by atoms with van der Waals surface area (Å²) in [6, 6.07) is 16.5. The normalized spacial score (nSPS) is 16.7. The van der Waals surface area contributed by atoms with E-state index in [2.05, 4.69) is 80.3 Å². The predicted octanol–water partition coefficient (Wildman–Crippen LogP) is 9.72. The second-order valence-corrected chi connectivity index (χ2v) is 10.5. The molecule has 0 bridgehead atoms. The highest BCUT2D eigenvalue weighted by Crippen LogP contribution is 2.30. The number of hydrogen-bond acceptors (Lipinski definition) is 4. The number of aromatic nitrogens is 3. The molecule has 1 aliphatic heterocycles. The molecule has 0 radical (unpaired) electrons. The lowest BCUT2D eigenvalue weighted by molar-refractivity contribution is 0.542. The Morgan fingerprint density at radius 1 is 0.795 bits per heavy atom. The van der Waals surface area contributed by atoms with Crippen LogP contribution in [-0.4, -0.2) is 26.9 Å². The first kappa shape index (κ1) is 29.9. The van der Waals surface area contributed by atoms with E-state index in [9.17, 15) is 0 Å². The third-order valence-electron chi connectivity index (χ3n) is 7.52. The summed E-state index contributed by atoms with van der Waals surface area (Å²) in [4.78, 5) is 16.8. The van der Waals surface area contributed by atoms with E-state index in [0.717, 1.165) is 52.1 Å². The number of rotatable bonds is 9. The second-order valence-electron chi connectivity index (χ2n) is 10.5. The number of likely N-dealkylation sites (N-methyl/N-ethyl adjacent to an activating group) is 1. The molecule has 44 heavy (non-hydrogen) atoms. The van der Waals surface area contributed by atoms with Gasteiger partial charge in [0.25, 0.3) is 0 Å². The van der Waals surface area contributed by atoms with Gasteiger partial charge >= 0.3 is 0 Å². The van der Waals surface area contributed by atoms with Crippen LogP contribution in [0.3, 0.4) is 0 Å². The molecular weight excluding hydrogens is 536 g/mol. The lowest BCUT2D eigenvalue weighted by atomic mass is 9.98. The summed E-state index contributed by atoms with van der Waals surface area (Å²) in [5.74, 6) is 1.65. The number of allylic oxidation sites excluding steroid dienone is 14. The largest absolute Gasteiger partial charge is 0.344 e. The summed E-state index contributed by atoms with van der Waals surface area (Å²) in [6.45, 7) is 20.1. The van der Waals surface area contributed by atoms with Gasteiger partial charge in [0.05, 0.1) is 0 Å². The zero-order valence-electron chi connectivity index (χ0n) is 25.2. The predicted molar refractivity (Wildman–Crippen MR) is 187 cm³/mol. The summed E-state index contributed by atoms with van der Waals surface area (Å²) in [6.07, 6.45) is 24.0. The van der Waals surface area contributed by atoms with E-state index >= 15 is 0 Å². The Hall–Kier alpha value is -5.61. The molecule has 5 rings (SSSR count). The van der Waals surface area contributed by atoms with E-state index in [1.807, 2.05) is 67.8 Å². The summed E-state index contributed by atoms with van der Waals surface area (Å²) < 4.78 is 0. The van der Waals surface area contributed by atoms with Crippen molar-refractivity contribution < 1.29 is 0 Å². The minimum absolute atomic E-state index is 0.502. The third kappa shape index (κ3) is 6.55. The van der Waals surface area contributed by atoms with Crippen LogP contribution >= 0.6 is 0 Å². The van der Waals surface area contributed by atoms with Crippen molar-refractivity contribution in [3.8, 4) is 22.8 Å². The van der Waals surface area contributed by atoms with Crippen molar-refractivity contribution in [1.29, 1.82) is 0 Å². The fraction of sp³-hybridized carbons (Fsp3) is 0.0750. The highest BCUT2D eigenvalue weighted by Gasteiger charge is 2.17. The van der Waals surface area contributed by atoms with Gasteiger partial charge in [-0.2, -0.15) is 0 Å². The van der Waals surface area contributed by atoms with E-state index in [4.69, 9.17) is 15.0 Å². The van der Waals surface area contributed by atoms with Crippen LogP contribution in [0.2, 0.25) is 0 Å². The Morgan fingerprint density at radius 3 is 2.05 bits per heavy atom. The molecule has 0 spiro atoms. The molecule has 2 aliphatic rings. The molecule has 0 fully saturated rings. The minimum atomic E-state index is 0.502. The molecule has 0 saturated carbocycles. The van der Waals surface area contributed by atoms with Crippen molar-refractivity contribution in [2.45, 2.75) is 12.8 Å². The van der Waals surface area contributed by atoms with Gasteiger partial charge in [-0.05, 0) is 58.9 Å². The summed E-state index contributed by atoms with van der Waals surface area (Å²) in [5, 5.41) is 0. The molecule has 2 aromatic carbocycles. The van der Waals surface area contributed by atoms with E-state index in [0.29, 0.717) is 23.0 Å². The number of hydrogen-bond donors (Lipinski definition) is 0. The van der Waals surface area contributed by atoms with Gasteiger partial charge in [-0.1, -0.05) is 130 Å². The van der Waals surface area contributed by atoms with Crippen LogP contribution in [0.15, 0.2) is 165 Å². The maximum atomic E-state index is 4.92. The Bertz CT molecular complexity index is 1820. The van der Waals surface area contributed by atoms with Crippen LogP contribution < -0.4 is 0 Å². The first-order valence-electron chi connectivity index (χ1n) is 14.6. The average molecular weight is 573 g/mol. The van der Waals surface area contributed by atoms with Crippen molar-refractivity contribution in [3.63, 3.8) is 0 Å². The lowest BCUT2D eigenvalue weighted by Crippen LogP contribution is -2.20. The third-order valence-corrected chi connectivity index (χ3v) is 7.52. The van der Waals surface area contributed by atoms with Gasteiger partial charge in [0, 0.05) is 35.1 Å². The summed E-state index contributed by atoms with van der Waals surface area (Å²) in [7, 11) is 1.99. The van der Waals surface area contributed by atoms with Crippen molar-refractivity contribution >= 4 is 16.7 Å². The van der Waals surface area contributed by atoms with Crippen molar-refractivity contribution in [2.75, 3.05) is 7.05 Å². The van der Waals surface area contributed by atoms with Crippen molar-refractivity contribution in [1.82, 2.24) is 19.9 Å². The first-order valence-corrected chi connectivity index (χ1v) is 14.6. The van der Waals surface area contributed by atoms with Gasteiger partial charge in [0.2, 0.25) is 0 Å². The van der Waals surface area contributed by atoms with Crippen LogP contribution in [0.1, 0.15) is 29.8 Å². The Morgan fingerprint density at radius 2 is 1.45 bits per heavy atom. The Kier molecular flexibility index (Phi) is 9.22. The SMILES string of the molecule is C=C/C=C(\C=C)c1ccc(-c2nc(C(=C)/C=C3/C=CC(=C)/C(=C\C=C)N3C)nc(-c3ccc(C4=CCCC=C4)cc3)n2)cc1. The molecule has 2 heterocycles. The van der Waals surface area contributed by atoms with Crippen LogP contribution in [-0.2, 0) is 0 Å². The Balaban J connectivity index is 1.57. The highest BCUT2D eigenvalue weighted by molar-refractivity contribution is 5.78. The fourth-order valence-corrected chi connectivity index (χ4v) is 5.09. The quantitative estimate of drug-likeness (QED) is 0.239. The topological polar surface area (TPSA) is 41.9 Å². The minimum Gasteiger partial charge on any atom is -0.344 e. The number of nitrogens with zero attached hydrogens (tertiary/aromatic N) is 4. The second kappa shape index (κ2) is 13.6. The van der Waals surface area contributed by atoms with Crippen LogP contribution in [0, 0.1) is 0 Å². The summed E-state index contributed by atoms with van der Waals surface area (Å²) >= 11 is 0. The summed E-state index contributed by atoms with van der Waals surface area (Å²) in [5.41, 5.74) is 9.69. The molecule has 1 aliphatic carbocycles. The molecule has 0 saturated heterocycles. The standard InChI is InChI=1S/C40H36N4/c1-7-13-30(9-3)32-18-22-34(23-19-32)39-41-38(29(5)27-36-26-17-28(4)37(14-8-2)44(36)6)42-40(43-39)35-24-20-33(21-25-35)31-15-11-10-12-16-31/h7-9,11,13-27H,1-5,10,12H2,6H3/b30-13+,36-27-,37-14+. The van der Waals surface area contributed by atoms with E-state index in [1.54, 1.807) is 12.2 Å². The molecule has 1 aromatic heterocycles. The first-order chi connectivity index (χ1) is 21.4. The Labute approximate surface area is 260 Å². The maximum absolute atomic E-state index is 4.92. The highest BCUT2D eigenvalue weighted by atomic mass is 15.1. The van der Waals surface area contributed by atoms with Gasteiger partial charge in [-0.3, -0.25) is 0 Å². The number of benzene rings is 2. The van der Waals surface area contributed by atoms with Gasteiger partial charge in [-0.25, -0.2) is 15.0 Å². The molecule has 4 heteroatoms. The van der Waals surface area contributed by atoms with E-state index in [-0.39, 0.29) is 0 Å². The zero-order chi connectivity index (χ0) is 31.1. The molecule has 216 valence electrons. The molecule has 4 nitrogen and oxygen atoms in total. The molecule has 0 amide bonds. The molecule has 0 unspecified atom stereocenters. The van der Waals surface area contributed by atoms with Gasteiger partial charge in [0.1, 0.15) is 0 Å². The monoisotopic (exact) mass is 572 g/mol. The lowest BCUT2D eigenvalue weighted by Gasteiger charge is -2.28. The zero-order valence-corrected chi connectivity index (χ0v) is 25.2. The fourth-order valence-electron chi connectivity index (χ4n) is 5.09. The molecule has 0 atom stereocenters.